The molecular formula is C20H31IN4O2. The molecule has 0 spiro atoms. The molecule has 3 rings (SSSR count). The van der Waals surface area contributed by atoms with Crippen LogP contribution >= 0.6 is 24.0 Å². The molecule has 27 heavy (non-hydrogen) atoms. The number of hydrogen-bond donors (Lipinski definition) is 2. The summed E-state index contributed by atoms with van der Waals surface area (Å²) >= 11 is 0. The second kappa shape index (κ2) is 10.3. The maximum Gasteiger partial charge on any atom is 0.244 e. The number of carbonyl (C=O) groups excluding carboxylic acids is 1. The minimum atomic E-state index is -0.142. The van der Waals surface area contributed by atoms with Crippen molar-refractivity contribution < 1.29 is 9.53 Å². The molecule has 1 atom stereocenters. The van der Waals surface area contributed by atoms with Crippen molar-refractivity contribution in [2.75, 3.05) is 32.8 Å². The summed E-state index contributed by atoms with van der Waals surface area (Å²) in [6, 6.07) is 8.34. The summed E-state index contributed by atoms with van der Waals surface area (Å²) in [5.74, 6) is 0.745. The zero-order valence-electron chi connectivity index (χ0n) is 16.3. The fourth-order valence-corrected chi connectivity index (χ4v) is 3.54. The SMILES string of the molecule is CCNC(=NCC(=O)N1CCc2ccccc2C1)NCC1(C)CCCO1.I. The van der Waals surface area contributed by atoms with Crippen molar-refractivity contribution in [1.29, 1.82) is 0 Å². The monoisotopic (exact) mass is 486 g/mol. The van der Waals surface area contributed by atoms with Gasteiger partial charge in [-0.1, -0.05) is 24.3 Å². The first-order valence-electron chi connectivity index (χ1n) is 9.60. The first kappa shape index (κ1) is 21.9. The molecule has 6 nitrogen and oxygen atoms in total. The van der Waals surface area contributed by atoms with Crippen molar-refractivity contribution >= 4 is 35.8 Å². The van der Waals surface area contributed by atoms with E-state index in [2.05, 4.69) is 40.7 Å². The molecule has 1 aromatic rings. The Morgan fingerprint density at radius 1 is 1.30 bits per heavy atom. The van der Waals surface area contributed by atoms with Gasteiger partial charge in [0.05, 0.1) is 5.60 Å². The van der Waals surface area contributed by atoms with Crippen molar-refractivity contribution in [3.63, 3.8) is 0 Å². The van der Waals surface area contributed by atoms with Crippen molar-refractivity contribution in [3.8, 4) is 0 Å². The number of halogens is 1. The molecule has 150 valence electrons. The Hall–Kier alpha value is -1.35. The van der Waals surface area contributed by atoms with Gasteiger partial charge in [0, 0.05) is 32.8 Å². The number of guanidine groups is 1. The first-order valence-corrected chi connectivity index (χ1v) is 9.60. The zero-order chi connectivity index (χ0) is 18.4. The van der Waals surface area contributed by atoms with Crippen LogP contribution < -0.4 is 10.6 Å². The minimum Gasteiger partial charge on any atom is -0.373 e. The van der Waals surface area contributed by atoms with E-state index >= 15 is 0 Å². The third-order valence-corrected chi connectivity index (χ3v) is 5.13. The molecule has 1 amide bonds. The summed E-state index contributed by atoms with van der Waals surface area (Å²) in [7, 11) is 0. The second-order valence-electron chi connectivity index (χ2n) is 7.28. The summed E-state index contributed by atoms with van der Waals surface area (Å²) in [4.78, 5) is 19.0. The van der Waals surface area contributed by atoms with E-state index in [4.69, 9.17) is 4.74 Å². The van der Waals surface area contributed by atoms with E-state index in [1.165, 1.54) is 11.1 Å². The lowest BCUT2D eigenvalue weighted by molar-refractivity contribution is -0.130. The van der Waals surface area contributed by atoms with Gasteiger partial charge in [-0.3, -0.25) is 4.79 Å². The molecule has 2 N–H and O–H groups in total. The second-order valence-corrected chi connectivity index (χ2v) is 7.28. The summed E-state index contributed by atoms with van der Waals surface area (Å²) in [6.07, 6.45) is 3.06. The third-order valence-electron chi connectivity index (χ3n) is 5.13. The average Bonchev–Trinajstić information content (AvgIpc) is 3.10. The quantitative estimate of drug-likeness (QED) is 0.381. The number of rotatable bonds is 5. The van der Waals surface area contributed by atoms with Gasteiger partial charge < -0.3 is 20.3 Å². The van der Waals surface area contributed by atoms with Crippen LogP contribution in [0.4, 0.5) is 0 Å². The van der Waals surface area contributed by atoms with E-state index < -0.39 is 0 Å². The lowest BCUT2D eigenvalue weighted by Crippen LogP contribution is -2.46. The zero-order valence-corrected chi connectivity index (χ0v) is 18.6. The normalized spacial score (nSPS) is 22.0. The minimum absolute atomic E-state index is 0. The molecule has 1 aromatic carbocycles. The van der Waals surface area contributed by atoms with Gasteiger partial charge in [0.25, 0.3) is 0 Å². The standard InChI is InChI=1S/C20H30N4O2.HI/c1-3-21-19(23-15-20(2)10-6-12-26-20)22-13-18(25)24-11-9-16-7-4-5-8-17(16)14-24;/h4-5,7-8H,3,6,9-15H2,1-2H3,(H2,21,22,23);1H. The Labute approximate surface area is 179 Å². The van der Waals surface area contributed by atoms with Crippen LogP contribution in [0.5, 0.6) is 0 Å². The van der Waals surface area contributed by atoms with Gasteiger partial charge >= 0.3 is 0 Å². The van der Waals surface area contributed by atoms with Crippen LogP contribution in [0.2, 0.25) is 0 Å². The van der Waals surface area contributed by atoms with Crippen LogP contribution in [-0.2, 0) is 22.5 Å². The van der Waals surface area contributed by atoms with Crippen LogP contribution in [0.25, 0.3) is 0 Å². The van der Waals surface area contributed by atoms with Gasteiger partial charge in [0.1, 0.15) is 6.54 Å². The highest BCUT2D eigenvalue weighted by atomic mass is 127. The van der Waals surface area contributed by atoms with Crippen LogP contribution in [0.3, 0.4) is 0 Å². The average molecular weight is 486 g/mol. The van der Waals surface area contributed by atoms with Crippen LogP contribution in [0.1, 0.15) is 37.8 Å². The number of hydrogen-bond acceptors (Lipinski definition) is 3. The highest BCUT2D eigenvalue weighted by molar-refractivity contribution is 14.0. The Morgan fingerprint density at radius 3 is 2.78 bits per heavy atom. The smallest absolute Gasteiger partial charge is 0.244 e. The number of nitrogens with zero attached hydrogens (tertiary/aromatic N) is 2. The van der Waals surface area contributed by atoms with Gasteiger partial charge in [-0.25, -0.2) is 4.99 Å². The van der Waals surface area contributed by atoms with Crippen molar-refractivity contribution in [1.82, 2.24) is 15.5 Å². The summed E-state index contributed by atoms with van der Waals surface area (Å²) in [6.45, 7) is 8.03. The molecule has 7 heteroatoms. The van der Waals surface area contributed by atoms with Gasteiger partial charge in [-0.2, -0.15) is 0 Å². The Bertz CT molecular complexity index is 659. The van der Waals surface area contributed by atoms with Gasteiger partial charge in [0.15, 0.2) is 5.96 Å². The molecule has 0 saturated carbocycles. The van der Waals surface area contributed by atoms with E-state index in [9.17, 15) is 4.79 Å². The molecule has 2 aliphatic heterocycles. The van der Waals surface area contributed by atoms with E-state index in [1.54, 1.807) is 0 Å². The third kappa shape index (κ3) is 6.07. The lowest BCUT2D eigenvalue weighted by Gasteiger charge is -2.28. The number of nitrogens with one attached hydrogen (secondary N) is 2. The van der Waals surface area contributed by atoms with Gasteiger partial charge in [-0.05, 0) is 44.2 Å². The van der Waals surface area contributed by atoms with Crippen molar-refractivity contribution in [2.24, 2.45) is 4.99 Å². The maximum absolute atomic E-state index is 12.6. The fraction of sp³-hybridized carbons (Fsp3) is 0.600. The van der Waals surface area contributed by atoms with Gasteiger partial charge in [0.2, 0.25) is 5.91 Å². The molecule has 2 heterocycles. The molecule has 0 aliphatic carbocycles. The number of ether oxygens (including phenoxy) is 1. The van der Waals surface area contributed by atoms with Gasteiger partial charge in [-0.15, -0.1) is 24.0 Å². The summed E-state index contributed by atoms with van der Waals surface area (Å²) in [5, 5.41) is 6.53. The van der Waals surface area contributed by atoms with Crippen LogP contribution in [0, 0.1) is 0 Å². The topological polar surface area (TPSA) is 66.0 Å². The van der Waals surface area contributed by atoms with Crippen LogP contribution in [-0.4, -0.2) is 55.2 Å². The Kier molecular flexibility index (Phi) is 8.34. The molecule has 1 fully saturated rings. The summed E-state index contributed by atoms with van der Waals surface area (Å²) in [5.41, 5.74) is 2.45. The first-order chi connectivity index (χ1) is 12.6. The highest BCUT2D eigenvalue weighted by Gasteiger charge is 2.29. The number of aliphatic imine (C=N–C) groups is 1. The fourth-order valence-electron chi connectivity index (χ4n) is 3.54. The Morgan fingerprint density at radius 2 is 2.07 bits per heavy atom. The molecular weight excluding hydrogens is 455 g/mol. The van der Waals surface area contributed by atoms with E-state index in [1.807, 2.05) is 17.9 Å². The van der Waals surface area contributed by atoms with Crippen molar-refractivity contribution in [2.45, 2.75) is 45.3 Å². The number of amides is 1. The lowest BCUT2D eigenvalue weighted by atomic mass is 10.00. The van der Waals surface area contributed by atoms with E-state index in [0.29, 0.717) is 19.0 Å². The molecule has 0 aromatic heterocycles. The number of carbonyl (C=O) groups is 1. The molecule has 1 unspecified atom stereocenters. The largest absolute Gasteiger partial charge is 0.373 e. The van der Waals surface area contributed by atoms with E-state index in [0.717, 1.165) is 39.0 Å². The Balaban J connectivity index is 0.00000261. The molecule has 1 saturated heterocycles. The van der Waals surface area contributed by atoms with Crippen LogP contribution in [0.15, 0.2) is 29.3 Å². The van der Waals surface area contributed by atoms with E-state index in [-0.39, 0.29) is 42.0 Å². The number of benzene rings is 1. The molecule has 2 aliphatic rings. The summed E-state index contributed by atoms with van der Waals surface area (Å²) < 4.78 is 5.80. The predicted molar refractivity (Wildman–Crippen MR) is 119 cm³/mol. The molecule has 0 bridgehead atoms. The number of fused-ring (bicyclic) bond motifs is 1. The van der Waals surface area contributed by atoms with Crippen molar-refractivity contribution in [3.05, 3.63) is 35.4 Å². The highest BCUT2D eigenvalue weighted by Crippen LogP contribution is 2.23. The predicted octanol–water partition coefficient (Wildman–Crippen LogP) is 2.31. The molecule has 0 radical (unpaired) electrons. The maximum atomic E-state index is 12.6.